The highest BCUT2D eigenvalue weighted by atomic mass is 35.5. The number of thioether (sulfide) groups is 2. The molecule has 4 rings (SSSR count). The van der Waals surface area contributed by atoms with Gasteiger partial charge in [-0.15, -0.1) is 10.2 Å². The Morgan fingerprint density at radius 1 is 1.06 bits per heavy atom. The smallest absolute Gasteiger partial charge is 0.250 e. The molecule has 4 aromatic rings. The van der Waals surface area contributed by atoms with Crippen molar-refractivity contribution in [3.05, 3.63) is 82.6 Å². The monoisotopic (exact) mass is 502 g/mol. The van der Waals surface area contributed by atoms with E-state index < -0.39 is 5.82 Å². The summed E-state index contributed by atoms with van der Waals surface area (Å²) < 4.78 is 15.2. The summed E-state index contributed by atoms with van der Waals surface area (Å²) in [4.78, 5) is 12.0. The van der Waals surface area contributed by atoms with E-state index in [4.69, 9.17) is 11.6 Å². The fraction of sp³-hybridized carbons (Fsp3) is 0.0909. The SMILES string of the molecule is O=C(CSc1nnc(SCc2cccc3ccccc23)s1)N/N=C\c1c(F)cccc1Cl. The summed E-state index contributed by atoms with van der Waals surface area (Å²) in [6, 6.07) is 18.9. The quantitative estimate of drug-likeness (QED) is 0.181. The first-order valence-electron chi connectivity index (χ1n) is 9.42. The van der Waals surface area contributed by atoms with Crippen molar-refractivity contribution in [1.29, 1.82) is 0 Å². The van der Waals surface area contributed by atoms with Crippen LogP contribution in [-0.2, 0) is 10.5 Å². The van der Waals surface area contributed by atoms with E-state index in [1.54, 1.807) is 17.8 Å². The maximum atomic E-state index is 13.7. The molecule has 0 bridgehead atoms. The van der Waals surface area contributed by atoms with Gasteiger partial charge in [-0.3, -0.25) is 4.79 Å². The summed E-state index contributed by atoms with van der Waals surface area (Å²) in [6.07, 6.45) is 1.19. The molecule has 0 aliphatic heterocycles. The highest BCUT2D eigenvalue weighted by Gasteiger charge is 2.10. The van der Waals surface area contributed by atoms with Crippen molar-refractivity contribution in [3.8, 4) is 0 Å². The van der Waals surface area contributed by atoms with Crippen LogP contribution in [0.4, 0.5) is 4.39 Å². The molecule has 0 aliphatic rings. The third-order valence-corrected chi connectivity index (χ3v) is 7.90. The van der Waals surface area contributed by atoms with Gasteiger partial charge in [0.2, 0.25) is 0 Å². The highest BCUT2D eigenvalue weighted by Crippen LogP contribution is 2.32. The van der Waals surface area contributed by atoms with Crippen LogP contribution in [0.1, 0.15) is 11.1 Å². The van der Waals surface area contributed by atoms with Crippen LogP contribution in [0.15, 0.2) is 74.4 Å². The van der Waals surface area contributed by atoms with Gasteiger partial charge >= 0.3 is 0 Å². The number of fused-ring (bicyclic) bond motifs is 1. The van der Waals surface area contributed by atoms with E-state index in [0.717, 1.165) is 10.1 Å². The Morgan fingerprint density at radius 3 is 2.66 bits per heavy atom. The van der Waals surface area contributed by atoms with Gasteiger partial charge < -0.3 is 0 Å². The first-order valence-corrected chi connectivity index (χ1v) is 12.6. The van der Waals surface area contributed by atoms with Crippen LogP contribution in [0.25, 0.3) is 10.8 Å². The molecule has 0 unspecified atom stereocenters. The van der Waals surface area contributed by atoms with Crippen molar-refractivity contribution >= 4 is 69.4 Å². The van der Waals surface area contributed by atoms with E-state index in [9.17, 15) is 9.18 Å². The van der Waals surface area contributed by atoms with Gasteiger partial charge in [-0.25, -0.2) is 9.82 Å². The van der Waals surface area contributed by atoms with E-state index in [1.807, 2.05) is 12.1 Å². The molecule has 162 valence electrons. The minimum atomic E-state index is -0.507. The molecule has 0 aliphatic carbocycles. The number of rotatable bonds is 8. The van der Waals surface area contributed by atoms with Crippen LogP contribution in [0.3, 0.4) is 0 Å². The van der Waals surface area contributed by atoms with Crippen LogP contribution >= 0.6 is 46.5 Å². The average Bonchev–Trinajstić information content (AvgIpc) is 3.26. The first kappa shape index (κ1) is 22.7. The molecule has 0 fully saturated rings. The van der Waals surface area contributed by atoms with Gasteiger partial charge in [-0.2, -0.15) is 5.10 Å². The summed E-state index contributed by atoms with van der Waals surface area (Å²) in [5.41, 5.74) is 3.73. The molecule has 0 atom stereocenters. The number of hydrogen-bond acceptors (Lipinski definition) is 7. The lowest BCUT2D eigenvalue weighted by Crippen LogP contribution is -2.19. The Bertz CT molecular complexity index is 1260. The third kappa shape index (κ3) is 5.86. The third-order valence-electron chi connectivity index (χ3n) is 4.33. The molecule has 0 saturated carbocycles. The Kier molecular flexibility index (Phi) is 7.75. The van der Waals surface area contributed by atoms with Gasteiger partial charge in [-0.1, -0.05) is 95.0 Å². The summed E-state index contributed by atoms with van der Waals surface area (Å²) in [7, 11) is 0. The number of hydrazone groups is 1. The number of nitrogens with one attached hydrogen (secondary N) is 1. The fourth-order valence-electron chi connectivity index (χ4n) is 2.83. The van der Waals surface area contributed by atoms with Crippen LogP contribution in [0, 0.1) is 5.82 Å². The van der Waals surface area contributed by atoms with E-state index in [1.165, 1.54) is 57.8 Å². The predicted octanol–water partition coefficient (Wildman–Crippen LogP) is 6.02. The van der Waals surface area contributed by atoms with Gasteiger partial charge in [0.05, 0.1) is 17.0 Å². The Balaban J connectivity index is 1.27. The molecule has 1 amide bonds. The standard InChI is InChI=1S/C22H16ClFN4OS3/c23-18-9-4-10-19(24)17(18)11-25-26-20(29)13-31-22-28-27-21(32-22)30-12-15-7-3-6-14-5-1-2-8-16(14)15/h1-11H,12-13H2,(H,26,29)/b25-11-. The maximum Gasteiger partial charge on any atom is 0.250 e. The summed E-state index contributed by atoms with van der Waals surface area (Å²) in [5.74, 6) is 0.0607. The second-order valence-corrected chi connectivity index (χ2v) is 10.3. The number of hydrogen-bond donors (Lipinski definition) is 1. The van der Waals surface area contributed by atoms with E-state index >= 15 is 0 Å². The van der Waals surface area contributed by atoms with E-state index in [0.29, 0.717) is 4.34 Å². The topological polar surface area (TPSA) is 67.2 Å². The Hall–Kier alpha value is -2.46. The molecular formula is C22H16ClFN4OS3. The second kappa shape index (κ2) is 10.9. The van der Waals surface area contributed by atoms with Crippen molar-refractivity contribution < 1.29 is 9.18 Å². The maximum absolute atomic E-state index is 13.7. The molecule has 32 heavy (non-hydrogen) atoms. The van der Waals surface area contributed by atoms with Crippen LogP contribution in [0.5, 0.6) is 0 Å². The number of amides is 1. The zero-order chi connectivity index (χ0) is 22.3. The van der Waals surface area contributed by atoms with Crippen molar-refractivity contribution in [3.63, 3.8) is 0 Å². The number of benzene rings is 3. The minimum Gasteiger partial charge on any atom is -0.272 e. The molecule has 1 heterocycles. The summed E-state index contributed by atoms with van der Waals surface area (Å²) in [5, 5.41) is 14.8. The van der Waals surface area contributed by atoms with Crippen molar-refractivity contribution in [2.45, 2.75) is 14.4 Å². The zero-order valence-corrected chi connectivity index (χ0v) is 19.7. The lowest BCUT2D eigenvalue weighted by atomic mass is 10.1. The molecule has 0 saturated heterocycles. The lowest BCUT2D eigenvalue weighted by Gasteiger charge is -2.04. The first-order chi connectivity index (χ1) is 15.6. The summed E-state index contributed by atoms with van der Waals surface area (Å²) >= 11 is 10.2. The molecule has 5 nitrogen and oxygen atoms in total. The minimum absolute atomic E-state index is 0.116. The van der Waals surface area contributed by atoms with Gasteiger partial charge in [0, 0.05) is 11.3 Å². The normalized spacial score (nSPS) is 11.3. The predicted molar refractivity (Wildman–Crippen MR) is 131 cm³/mol. The molecular weight excluding hydrogens is 487 g/mol. The molecule has 1 aromatic heterocycles. The van der Waals surface area contributed by atoms with Gasteiger partial charge in [0.1, 0.15) is 5.82 Å². The molecule has 1 N–H and O–H groups in total. The Morgan fingerprint density at radius 2 is 1.81 bits per heavy atom. The van der Waals surface area contributed by atoms with Gasteiger partial charge in [-0.05, 0) is 28.5 Å². The number of aromatic nitrogens is 2. The van der Waals surface area contributed by atoms with E-state index in [-0.39, 0.29) is 22.2 Å². The summed E-state index contributed by atoms with van der Waals surface area (Å²) in [6.45, 7) is 0. The highest BCUT2D eigenvalue weighted by molar-refractivity contribution is 8.03. The largest absolute Gasteiger partial charge is 0.272 e. The number of nitrogens with zero attached hydrogens (tertiary/aromatic N) is 3. The molecule has 10 heteroatoms. The van der Waals surface area contributed by atoms with Gasteiger partial charge in [0.15, 0.2) is 8.68 Å². The van der Waals surface area contributed by atoms with Crippen LogP contribution in [-0.4, -0.2) is 28.1 Å². The van der Waals surface area contributed by atoms with Gasteiger partial charge in [0.25, 0.3) is 5.91 Å². The molecule has 0 spiro atoms. The van der Waals surface area contributed by atoms with Crippen molar-refractivity contribution in [2.24, 2.45) is 5.10 Å². The molecule has 3 aromatic carbocycles. The average molecular weight is 503 g/mol. The van der Waals surface area contributed by atoms with Crippen molar-refractivity contribution in [2.75, 3.05) is 5.75 Å². The van der Waals surface area contributed by atoms with Crippen molar-refractivity contribution in [1.82, 2.24) is 15.6 Å². The second-order valence-electron chi connectivity index (χ2n) is 6.48. The number of carbonyl (C=O) groups is 1. The number of carbonyl (C=O) groups excluding carboxylic acids is 1. The zero-order valence-electron chi connectivity index (χ0n) is 16.5. The fourth-order valence-corrected chi connectivity index (χ4v) is 5.86. The molecule has 0 radical (unpaired) electrons. The Labute approximate surface area is 201 Å². The van der Waals surface area contributed by atoms with Crippen LogP contribution < -0.4 is 5.43 Å². The van der Waals surface area contributed by atoms with Crippen LogP contribution in [0.2, 0.25) is 5.02 Å². The number of halogens is 2. The van der Waals surface area contributed by atoms with E-state index in [2.05, 4.69) is 51.1 Å². The lowest BCUT2D eigenvalue weighted by molar-refractivity contribution is -0.118.